The normalized spacial score (nSPS) is 13.7. The van der Waals surface area contributed by atoms with E-state index in [1.54, 1.807) is 0 Å². The molecule has 0 aliphatic rings. The first-order valence-electron chi connectivity index (χ1n) is 3.60. The van der Waals surface area contributed by atoms with Crippen molar-refractivity contribution >= 4 is 32.1 Å². The molecule has 0 rings (SSSR count). The first-order chi connectivity index (χ1) is 4.31. The highest BCUT2D eigenvalue weighted by Gasteiger charge is 1.97. The molecule has 0 saturated carbocycles. The Kier molecular flexibility index (Phi) is 7.80. The van der Waals surface area contributed by atoms with Gasteiger partial charge in [-0.15, -0.1) is 0 Å². The molecule has 0 spiro atoms. The van der Waals surface area contributed by atoms with Crippen LogP contribution in [0.25, 0.3) is 0 Å². The lowest BCUT2D eigenvalue weighted by atomic mass is 10.4. The highest BCUT2D eigenvalue weighted by atomic mass is 127. The largest absolute Gasteiger partial charge is 0.0864 e. The molecule has 0 amide bonds. The van der Waals surface area contributed by atoms with Gasteiger partial charge in [0, 0.05) is 9.52 Å². The Bertz CT molecular complexity index is 56.9. The molecular formula is C7H15ISi. The summed E-state index contributed by atoms with van der Waals surface area (Å²) in [7, 11) is 1.21. The third kappa shape index (κ3) is 6.84. The molecular weight excluding hydrogens is 239 g/mol. The summed E-state index contributed by atoms with van der Waals surface area (Å²) in [5, 5.41) is 0. The quantitative estimate of drug-likeness (QED) is 0.306. The number of alkyl halides is 1. The fourth-order valence-electron chi connectivity index (χ4n) is 0.560. The van der Waals surface area contributed by atoms with Crippen molar-refractivity contribution < 1.29 is 0 Å². The van der Waals surface area contributed by atoms with Gasteiger partial charge in [-0.25, -0.2) is 0 Å². The van der Waals surface area contributed by atoms with Crippen molar-refractivity contribution in [3.05, 3.63) is 0 Å². The Hall–Kier alpha value is 0.947. The number of hydrogen-bond acceptors (Lipinski definition) is 0. The Morgan fingerprint density at radius 3 is 2.67 bits per heavy atom. The molecule has 0 aromatic heterocycles. The van der Waals surface area contributed by atoms with Crippen LogP contribution in [0.1, 0.15) is 26.7 Å². The molecule has 2 radical (unpaired) electrons. The lowest BCUT2D eigenvalue weighted by Crippen LogP contribution is -1.97. The maximum atomic E-state index is 2.45. The number of halogens is 1. The molecule has 0 N–H and O–H groups in total. The van der Waals surface area contributed by atoms with E-state index in [2.05, 4.69) is 36.4 Å². The summed E-state index contributed by atoms with van der Waals surface area (Å²) in [6, 6.07) is 1.46. The molecule has 0 heterocycles. The van der Waals surface area contributed by atoms with E-state index in [0.29, 0.717) is 0 Å². The second-order valence-corrected chi connectivity index (χ2v) is 5.28. The van der Waals surface area contributed by atoms with Gasteiger partial charge >= 0.3 is 0 Å². The summed E-state index contributed by atoms with van der Waals surface area (Å²) in [6.45, 7) is 4.63. The minimum absolute atomic E-state index is 0.980. The molecule has 1 unspecified atom stereocenters. The van der Waals surface area contributed by atoms with E-state index in [9.17, 15) is 0 Å². The van der Waals surface area contributed by atoms with Gasteiger partial charge < -0.3 is 0 Å². The van der Waals surface area contributed by atoms with Crippen LogP contribution in [0.2, 0.25) is 11.6 Å². The molecule has 0 fully saturated rings. The van der Waals surface area contributed by atoms with Crippen LogP contribution in [0.5, 0.6) is 0 Å². The first-order valence-corrected chi connectivity index (χ1v) is 6.41. The second kappa shape index (κ2) is 7.06. The fourth-order valence-corrected chi connectivity index (χ4v) is 2.82. The van der Waals surface area contributed by atoms with Crippen molar-refractivity contribution in [1.29, 1.82) is 0 Å². The zero-order valence-electron chi connectivity index (χ0n) is 6.28. The maximum Gasteiger partial charge on any atom is 0.0410 e. The molecule has 0 bridgehead atoms. The van der Waals surface area contributed by atoms with Gasteiger partial charge in [-0.2, -0.15) is 0 Å². The SMILES string of the molecule is CCC(C)[Si]CCCI. The molecule has 0 nitrogen and oxygen atoms in total. The standard InChI is InChI=1S/C7H15ISi/c1-3-7(2)9-6-4-5-8/h7H,3-6H2,1-2H3. The first kappa shape index (κ1) is 9.95. The summed E-state index contributed by atoms with van der Waals surface area (Å²) in [4.78, 5) is 0. The maximum absolute atomic E-state index is 2.45. The van der Waals surface area contributed by atoms with Crippen LogP contribution in [-0.2, 0) is 0 Å². The van der Waals surface area contributed by atoms with Gasteiger partial charge in [-0.05, 0) is 10.8 Å². The van der Waals surface area contributed by atoms with Crippen molar-refractivity contribution in [3.8, 4) is 0 Å². The molecule has 0 aliphatic heterocycles. The molecule has 0 saturated heterocycles. The van der Waals surface area contributed by atoms with E-state index < -0.39 is 0 Å². The van der Waals surface area contributed by atoms with E-state index in [1.165, 1.54) is 32.8 Å². The van der Waals surface area contributed by atoms with E-state index in [1.807, 2.05) is 0 Å². The zero-order valence-corrected chi connectivity index (χ0v) is 9.44. The molecule has 0 aromatic carbocycles. The van der Waals surface area contributed by atoms with E-state index in [4.69, 9.17) is 0 Å². The average molecular weight is 254 g/mol. The van der Waals surface area contributed by atoms with Crippen LogP contribution >= 0.6 is 22.6 Å². The van der Waals surface area contributed by atoms with Gasteiger partial charge in [-0.3, -0.25) is 0 Å². The van der Waals surface area contributed by atoms with Crippen molar-refractivity contribution in [2.45, 2.75) is 38.3 Å². The van der Waals surface area contributed by atoms with Crippen molar-refractivity contribution in [1.82, 2.24) is 0 Å². The molecule has 54 valence electrons. The van der Waals surface area contributed by atoms with E-state index >= 15 is 0 Å². The molecule has 9 heavy (non-hydrogen) atoms. The van der Waals surface area contributed by atoms with Crippen molar-refractivity contribution in [3.63, 3.8) is 0 Å². The van der Waals surface area contributed by atoms with Crippen LogP contribution in [-0.4, -0.2) is 13.9 Å². The van der Waals surface area contributed by atoms with Crippen LogP contribution < -0.4 is 0 Å². The van der Waals surface area contributed by atoms with Crippen LogP contribution in [0.15, 0.2) is 0 Å². The summed E-state index contributed by atoms with van der Waals surface area (Å²) < 4.78 is 1.33. The van der Waals surface area contributed by atoms with E-state index in [-0.39, 0.29) is 0 Å². The van der Waals surface area contributed by atoms with Crippen LogP contribution in [0, 0.1) is 0 Å². The highest BCUT2D eigenvalue weighted by molar-refractivity contribution is 14.1. The number of rotatable bonds is 5. The predicted molar refractivity (Wildman–Crippen MR) is 53.8 cm³/mol. The minimum Gasteiger partial charge on any atom is -0.0864 e. The Morgan fingerprint density at radius 1 is 1.56 bits per heavy atom. The number of hydrogen-bond donors (Lipinski definition) is 0. The van der Waals surface area contributed by atoms with Gasteiger partial charge in [-0.1, -0.05) is 54.4 Å². The topological polar surface area (TPSA) is 0 Å². The summed E-state index contributed by atoms with van der Waals surface area (Å²) in [5.41, 5.74) is 0.980. The predicted octanol–water partition coefficient (Wildman–Crippen LogP) is 3.15. The summed E-state index contributed by atoms with van der Waals surface area (Å²) >= 11 is 2.45. The second-order valence-electron chi connectivity index (χ2n) is 2.31. The van der Waals surface area contributed by atoms with Crippen molar-refractivity contribution in [2.24, 2.45) is 0 Å². The minimum atomic E-state index is 0.980. The zero-order chi connectivity index (χ0) is 7.11. The third-order valence-corrected chi connectivity index (χ3v) is 3.93. The molecule has 0 aliphatic carbocycles. The smallest absolute Gasteiger partial charge is 0.0410 e. The lowest BCUT2D eigenvalue weighted by Gasteiger charge is -2.03. The summed E-state index contributed by atoms with van der Waals surface area (Å²) in [5.74, 6) is 0. The van der Waals surface area contributed by atoms with Gasteiger partial charge in [0.2, 0.25) is 0 Å². The average Bonchev–Trinajstić information content (AvgIpc) is 1.89. The van der Waals surface area contributed by atoms with Gasteiger partial charge in [0.25, 0.3) is 0 Å². The third-order valence-electron chi connectivity index (χ3n) is 1.42. The van der Waals surface area contributed by atoms with Crippen LogP contribution in [0.3, 0.4) is 0 Å². The van der Waals surface area contributed by atoms with Gasteiger partial charge in [0.05, 0.1) is 0 Å². The van der Waals surface area contributed by atoms with E-state index in [0.717, 1.165) is 5.54 Å². The fraction of sp³-hybridized carbons (Fsp3) is 1.00. The lowest BCUT2D eigenvalue weighted by molar-refractivity contribution is 0.859. The Balaban J connectivity index is 2.88. The molecule has 1 atom stereocenters. The van der Waals surface area contributed by atoms with Crippen LogP contribution in [0.4, 0.5) is 0 Å². The molecule has 2 heteroatoms. The monoisotopic (exact) mass is 254 g/mol. The Labute approximate surface area is 74.8 Å². The molecule has 0 aromatic rings. The Morgan fingerprint density at radius 2 is 2.22 bits per heavy atom. The highest BCUT2D eigenvalue weighted by Crippen LogP contribution is 2.09. The summed E-state index contributed by atoms with van der Waals surface area (Å²) in [6.07, 6.45) is 2.78. The van der Waals surface area contributed by atoms with Gasteiger partial charge in [0.15, 0.2) is 0 Å². The van der Waals surface area contributed by atoms with Crippen molar-refractivity contribution in [2.75, 3.05) is 4.43 Å². The van der Waals surface area contributed by atoms with Gasteiger partial charge in [0.1, 0.15) is 0 Å².